The highest BCUT2D eigenvalue weighted by atomic mass is 16.5. The number of rotatable bonds is 9. The Balaban J connectivity index is 1.91. The van der Waals surface area contributed by atoms with Gasteiger partial charge in [-0.3, -0.25) is 4.79 Å². The highest BCUT2D eigenvalue weighted by Crippen LogP contribution is 2.28. The van der Waals surface area contributed by atoms with Crippen molar-refractivity contribution in [3.63, 3.8) is 0 Å². The minimum Gasteiger partial charge on any atom is -0.493 e. The van der Waals surface area contributed by atoms with E-state index in [9.17, 15) is 4.79 Å². The molecular weight excluding hydrogens is 376 g/mol. The maximum absolute atomic E-state index is 13.6. The van der Waals surface area contributed by atoms with Crippen LogP contribution in [0.4, 0.5) is 0 Å². The van der Waals surface area contributed by atoms with Crippen molar-refractivity contribution < 1.29 is 14.3 Å². The van der Waals surface area contributed by atoms with Crippen LogP contribution in [0.5, 0.6) is 5.75 Å². The summed E-state index contributed by atoms with van der Waals surface area (Å²) < 4.78 is 11.1. The molecule has 0 bridgehead atoms. The van der Waals surface area contributed by atoms with Gasteiger partial charge in [0.1, 0.15) is 5.75 Å². The zero-order chi connectivity index (χ0) is 21.3. The molecule has 162 valence electrons. The van der Waals surface area contributed by atoms with Crippen molar-refractivity contribution in [2.45, 2.75) is 45.2 Å². The van der Waals surface area contributed by atoms with Crippen molar-refractivity contribution in [2.24, 2.45) is 0 Å². The van der Waals surface area contributed by atoms with Gasteiger partial charge >= 0.3 is 0 Å². The molecule has 0 unspecified atom stereocenters. The molecule has 1 fully saturated rings. The van der Waals surface area contributed by atoms with Crippen molar-refractivity contribution in [3.8, 4) is 16.9 Å². The molecule has 1 atom stereocenters. The van der Waals surface area contributed by atoms with Gasteiger partial charge in [-0.25, -0.2) is 0 Å². The number of hydrogen-bond donors (Lipinski definition) is 1. The maximum atomic E-state index is 13.6. The molecule has 1 aliphatic rings. The molecule has 0 saturated carbocycles. The highest BCUT2D eigenvalue weighted by molar-refractivity contribution is 5.96. The average molecular weight is 411 g/mol. The average Bonchev–Trinajstić information content (AvgIpc) is 2.78. The number of amides is 1. The minimum absolute atomic E-state index is 0.0678. The van der Waals surface area contributed by atoms with Crippen LogP contribution in [0, 0.1) is 0 Å². The van der Waals surface area contributed by atoms with E-state index >= 15 is 0 Å². The predicted octanol–water partition coefficient (Wildman–Crippen LogP) is 4.37. The highest BCUT2D eigenvalue weighted by Gasteiger charge is 2.28. The van der Waals surface area contributed by atoms with E-state index < -0.39 is 0 Å². The molecule has 2 aromatic rings. The molecule has 1 heterocycles. The lowest BCUT2D eigenvalue weighted by Gasteiger charge is -2.37. The number of carbonyl (C=O) groups excluding carboxylic acids is 1. The van der Waals surface area contributed by atoms with Gasteiger partial charge in [0.15, 0.2) is 0 Å². The van der Waals surface area contributed by atoms with Gasteiger partial charge in [0.2, 0.25) is 0 Å². The van der Waals surface area contributed by atoms with Crippen molar-refractivity contribution in [1.82, 2.24) is 10.2 Å². The molecule has 0 aliphatic carbocycles. The first-order valence-corrected chi connectivity index (χ1v) is 11.0. The second-order valence-electron chi connectivity index (χ2n) is 8.11. The van der Waals surface area contributed by atoms with Gasteiger partial charge in [0.25, 0.3) is 5.91 Å². The molecule has 0 radical (unpaired) electrons. The zero-order valence-corrected chi connectivity index (χ0v) is 18.4. The second-order valence-corrected chi connectivity index (χ2v) is 8.11. The van der Waals surface area contributed by atoms with E-state index in [1.165, 1.54) is 0 Å². The van der Waals surface area contributed by atoms with Crippen molar-refractivity contribution in [1.29, 1.82) is 0 Å². The van der Waals surface area contributed by atoms with Gasteiger partial charge in [0.05, 0.1) is 6.61 Å². The standard InChI is InChI=1S/C25H34N2O3/c1-19(2)27(23-11-7-12-26-18-23)25(28)22-15-21(20-9-5-4-6-10-20)16-24(17-22)30-14-8-13-29-3/h4-6,9-10,15-17,19,23,26H,7-8,11-14,18H2,1-3H3/t23-/m1/s1. The lowest BCUT2D eigenvalue weighted by Crippen LogP contribution is -2.51. The molecule has 0 aromatic heterocycles. The number of nitrogens with one attached hydrogen (secondary N) is 1. The summed E-state index contributed by atoms with van der Waals surface area (Å²) in [5, 5.41) is 3.43. The van der Waals surface area contributed by atoms with Gasteiger partial charge in [-0.1, -0.05) is 30.3 Å². The normalized spacial score (nSPS) is 16.5. The second kappa shape index (κ2) is 11.1. The third kappa shape index (κ3) is 5.83. The Morgan fingerprint density at radius 2 is 1.93 bits per heavy atom. The van der Waals surface area contributed by atoms with E-state index in [0.29, 0.717) is 18.8 Å². The predicted molar refractivity (Wildman–Crippen MR) is 121 cm³/mol. The minimum atomic E-state index is 0.0678. The topological polar surface area (TPSA) is 50.8 Å². The quantitative estimate of drug-likeness (QED) is 0.624. The van der Waals surface area contributed by atoms with E-state index in [4.69, 9.17) is 9.47 Å². The van der Waals surface area contributed by atoms with Gasteiger partial charge in [-0.05, 0) is 62.6 Å². The Morgan fingerprint density at radius 3 is 2.60 bits per heavy atom. The van der Waals surface area contributed by atoms with Crippen molar-refractivity contribution in [2.75, 3.05) is 33.4 Å². The van der Waals surface area contributed by atoms with E-state index in [0.717, 1.165) is 49.2 Å². The number of nitrogens with zero attached hydrogens (tertiary/aromatic N) is 1. The molecule has 1 amide bonds. The first-order valence-electron chi connectivity index (χ1n) is 11.0. The fourth-order valence-corrected chi connectivity index (χ4v) is 4.04. The number of hydrogen-bond acceptors (Lipinski definition) is 4. The first kappa shape index (κ1) is 22.3. The monoisotopic (exact) mass is 410 g/mol. The Labute approximate surface area is 180 Å². The van der Waals surface area contributed by atoms with E-state index in [1.807, 2.05) is 41.3 Å². The molecule has 3 rings (SSSR count). The van der Waals surface area contributed by atoms with Crippen LogP contribution in [0.2, 0.25) is 0 Å². The summed E-state index contributed by atoms with van der Waals surface area (Å²) in [4.78, 5) is 15.7. The molecule has 30 heavy (non-hydrogen) atoms. The lowest BCUT2D eigenvalue weighted by atomic mass is 9.99. The van der Waals surface area contributed by atoms with Crippen molar-refractivity contribution in [3.05, 3.63) is 54.1 Å². The van der Waals surface area contributed by atoms with Gasteiger partial charge in [0, 0.05) is 44.3 Å². The van der Waals surface area contributed by atoms with Crippen LogP contribution in [-0.2, 0) is 4.74 Å². The Hall–Kier alpha value is -2.37. The lowest BCUT2D eigenvalue weighted by molar-refractivity contribution is 0.0573. The first-order chi connectivity index (χ1) is 14.6. The van der Waals surface area contributed by atoms with Crippen LogP contribution in [0.15, 0.2) is 48.5 Å². The number of piperidine rings is 1. The van der Waals surface area contributed by atoms with Crippen LogP contribution in [0.25, 0.3) is 11.1 Å². The molecule has 0 spiro atoms. The Kier molecular flexibility index (Phi) is 8.29. The molecule has 5 heteroatoms. The van der Waals surface area contributed by atoms with Crippen LogP contribution >= 0.6 is 0 Å². The van der Waals surface area contributed by atoms with E-state index in [1.54, 1.807) is 7.11 Å². The summed E-state index contributed by atoms with van der Waals surface area (Å²) >= 11 is 0. The summed E-state index contributed by atoms with van der Waals surface area (Å²) in [7, 11) is 1.69. The maximum Gasteiger partial charge on any atom is 0.254 e. The van der Waals surface area contributed by atoms with Crippen LogP contribution in [0.3, 0.4) is 0 Å². The fourth-order valence-electron chi connectivity index (χ4n) is 4.04. The summed E-state index contributed by atoms with van der Waals surface area (Å²) in [5.41, 5.74) is 2.75. The number of ether oxygens (including phenoxy) is 2. The summed E-state index contributed by atoms with van der Waals surface area (Å²) in [6.45, 7) is 7.27. The Bertz CT molecular complexity index is 801. The van der Waals surface area contributed by atoms with Gasteiger partial charge in [-0.15, -0.1) is 0 Å². The third-order valence-corrected chi connectivity index (χ3v) is 5.48. The van der Waals surface area contributed by atoms with Crippen LogP contribution < -0.4 is 10.1 Å². The smallest absolute Gasteiger partial charge is 0.254 e. The molecule has 1 saturated heterocycles. The molecular formula is C25H34N2O3. The molecule has 5 nitrogen and oxygen atoms in total. The number of carbonyl (C=O) groups is 1. The largest absolute Gasteiger partial charge is 0.493 e. The number of methoxy groups -OCH3 is 1. The molecule has 1 aliphatic heterocycles. The molecule has 1 N–H and O–H groups in total. The SMILES string of the molecule is COCCCOc1cc(C(=O)N(C(C)C)[C@@H]2CCCNC2)cc(-c2ccccc2)c1. The van der Waals surface area contributed by atoms with Crippen LogP contribution in [-0.4, -0.2) is 56.3 Å². The third-order valence-electron chi connectivity index (χ3n) is 5.48. The Morgan fingerprint density at radius 1 is 1.13 bits per heavy atom. The van der Waals surface area contributed by atoms with Gasteiger partial charge < -0.3 is 19.7 Å². The van der Waals surface area contributed by atoms with Crippen molar-refractivity contribution >= 4 is 5.91 Å². The molecule has 2 aromatic carbocycles. The van der Waals surface area contributed by atoms with Crippen LogP contribution in [0.1, 0.15) is 43.5 Å². The number of benzene rings is 2. The summed E-state index contributed by atoms with van der Waals surface area (Å²) in [6, 6.07) is 16.4. The van der Waals surface area contributed by atoms with E-state index in [-0.39, 0.29) is 18.0 Å². The fraction of sp³-hybridized carbons (Fsp3) is 0.480. The van der Waals surface area contributed by atoms with E-state index in [2.05, 4.69) is 31.3 Å². The zero-order valence-electron chi connectivity index (χ0n) is 18.4. The van der Waals surface area contributed by atoms with Gasteiger partial charge in [-0.2, -0.15) is 0 Å². The summed E-state index contributed by atoms with van der Waals surface area (Å²) in [5.74, 6) is 0.791. The summed E-state index contributed by atoms with van der Waals surface area (Å²) in [6.07, 6.45) is 2.94.